The number of anilines is 2. The second-order valence-corrected chi connectivity index (χ2v) is 7.02. The Balaban J connectivity index is 1.57. The highest BCUT2D eigenvalue weighted by Crippen LogP contribution is 2.31. The predicted octanol–water partition coefficient (Wildman–Crippen LogP) is 4.32. The lowest BCUT2D eigenvalue weighted by atomic mass is 10.1. The van der Waals surface area contributed by atoms with Gasteiger partial charge in [0.25, 0.3) is 5.91 Å². The van der Waals surface area contributed by atoms with Crippen LogP contribution in [0.3, 0.4) is 0 Å². The molecule has 0 unspecified atom stereocenters. The second kappa shape index (κ2) is 8.66. The smallest absolute Gasteiger partial charge is 0.256 e. The van der Waals surface area contributed by atoms with E-state index in [0.29, 0.717) is 45.9 Å². The Kier molecular flexibility index (Phi) is 5.61. The maximum absolute atomic E-state index is 12.5. The van der Waals surface area contributed by atoms with Crippen molar-refractivity contribution in [1.82, 2.24) is 15.0 Å². The van der Waals surface area contributed by atoms with E-state index in [2.05, 4.69) is 25.6 Å². The van der Waals surface area contributed by atoms with Crippen LogP contribution in [0.5, 0.6) is 5.75 Å². The number of benzene rings is 2. The normalized spacial score (nSPS) is 10.7. The molecule has 0 aliphatic carbocycles. The molecule has 2 heterocycles. The van der Waals surface area contributed by atoms with E-state index in [1.807, 2.05) is 6.92 Å². The summed E-state index contributed by atoms with van der Waals surface area (Å²) < 4.78 is 0. The van der Waals surface area contributed by atoms with Gasteiger partial charge in [-0.2, -0.15) is 0 Å². The quantitative estimate of drug-likeness (QED) is 0.374. The first-order valence-corrected chi connectivity index (χ1v) is 9.89. The first kappa shape index (κ1) is 20.1. The molecule has 156 valence electrons. The minimum atomic E-state index is -0.285. The molecular formula is C23H21N5O3. The zero-order valence-corrected chi connectivity index (χ0v) is 16.8. The lowest BCUT2D eigenvalue weighted by molar-refractivity contribution is -0.116. The number of aromatic amines is 1. The third kappa shape index (κ3) is 4.53. The van der Waals surface area contributed by atoms with Crippen LogP contribution >= 0.6 is 0 Å². The molecule has 8 heteroatoms. The molecule has 0 aliphatic heterocycles. The number of carbonyl (C=O) groups is 2. The number of aromatic hydroxyl groups is 1. The Morgan fingerprint density at radius 1 is 1.06 bits per heavy atom. The number of hydrogen-bond acceptors (Lipinski definition) is 5. The summed E-state index contributed by atoms with van der Waals surface area (Å²) in [5.74, 6) is 0.526. The number of fused-ring (bicyclic) bond motifs is 1. The van der Waals surface area contributed by atoms with Crippen LogP contribution in [-0.2, 0) is 4.79 Å². The summed E-state index contributed by atoms with van der Waals surface area (Å²) in [6, 6.07) is 15.3. The number of amides is 2. The van der Waals surface area contributed by atoms with E-state index in [9.17, 15) is 14.7 Å². The van der Waals surface area contributed by atoms with E-state index in [4.69, 9.17) is 0 Å². The summed E-state index contributed by atoms with van der Waals surface area (Å²) in [6.45, 7) is 1.93. The zero-order chi connectivity index (χ0) is 21.8. The number of nitrogens with one attached hydrogen (secondary N) is 3. The topological polar surface area (TPSA) is 120 Å². The highest BCUT2D eigenvalue weighted by molar-refractivity contribution is 6.05. The summed E-state index contributed by atoms with van der Waals surface area (Å²) in [4.78, 5) is 36.0. The zero-order valence-electron chi connectivity index (χ0n) is 16.8. The molecule has 4 N–H and O–H groups in total. The number of rotatable bonds is 6. The van der Waals surface area contributed by atoms with Gasteiger partial charge in [0, 0.05) is 29.9 Å². The molecule has 0 bridgehead atoms. The van der Waals surface area contributed by atoms with Gasteiger partial charge in [0.15, 0.2) is 0 Å². The third-order valence-electron chi connectivity index (χ3n) is 4.66. The molecule has 0 atom stereocenters. The standard InChI is InChI=1S/C23H21N5O3/c1-2-5-21(30)25-15-8-9-16(19(29)13-15)22-26-17-10-7-14(12-18(17)27-22)23(31)28-20-6-3-4-11-24-20/h3-4,6-13,29H,2,5H2,1H3,(H,25,30)(H,26,27)(H,24,28,31). The van der Waals surface area contributed by atoms with Gasteiger partial charge in [-0.05, 0) is 48.9 Å². The highest BCUT2D eigenvalue weighted by atomic mass is 16.3. The van der Waals surface area contributed by atoms with Crippen molar-refractivity contribution >= 4 is 34.4 Å². The third-order valence-corrected chi connectivity index (χ3v) is 4.66. The van der Waals surface area contributed by atoms with Crippen molar-refractivity contribution in [3.63, 3.8) is 0 Å². The molecule has 2 aromatic carbocycles. The first-order valence-electron chi connectivity index (χ1n) is 9.89. The van der Waals surface area contributed by atoms with Crippen LogP contribution in [0.1, 0.15) is 30.1 Å². The van der Waals surface area contributed by atoms with Crippen LogP contribution in [0.15, 0.2) is 60.8 Å². The molecule has 0 saturated carbocycles. The number of phenolic OH excluding ortho intramolecular Hbond substituents is 1. The van der Waals surface area contributed by atoms with Crippen LogP contribution in [-0.4, -0.2) is 31.9 Å². The second-order valence-electron chi connectivity index (χ2n) is 7.02. The molecule has 0 radical (unpaired) electrons. The van der Waals surface area contributed by atoms with Crippen molar-refractivity contribution in [2.75, 3.05) is 10.6 Å². The maximum atomic E-state index is 12.5. The molecular weight excluding hydrogens is 394 g/mol. The molecule has 4 aromatic rings. The SMILES string of the molecule is CCCC(=O)Nc1ccc(-c2nc3ccc(C(=O)Nc4ccccn4)cc3[nH]2)c(O)c1. The number of phenols is 1. The van der Waals surface area contributed by atoms with Gasteiger partial charge in [0.05, 0.1) is 16.6 Å². The Labute approximate surface area is 178 Å². The maximum Gasteiger partial charge on any atom is 0.256 e. The molecule has 0 fully saturated rings. The number of imidazole rings is 1. The molecule has 4 rings (SSSR count). The number of H-pyrrole nitrogens is 1. The van der Waals surface area contributed by atoms with Crippen LogP contribution in [0.25, 0.3) is 22.4 Å². The van der Waals surface area contributed by atoms with E-state index in [1.54, 1.807) is 54.7 Å². The van der Waals surface area contributed by atoms with Gasteiger partial charge in [-0.1, -0.05) is 13.0 Å². The number of nitrogens with zero attached hydrogens (tertiary/aromatic N) is 2. The van der Waals surface area contributed by atoms with Crippen molar-refractivity contribution in [3.8, 4) is 17.1 Å². The van der Waals surface area contributed by atoms with Crippen molar-refractivity contribution in [3.05, 3.63) is 66.4 Å². The number of aromatic nitrogens is 3. The minimum absolute atomic E-state index is 0.0125. The number of carbonyl (C=O) groups excluding carboxylic acids is 2. The molecule has 0 aliphatic rings. The van der Waals surface area contributed by atoms with Crippen LogP contribution < -0.4 is 10.6 Å². The van der Waals surface area contributed by atoms with Crippen molar-refractivity contribution in [2.24, 2.45) is 0 Å². The van der Waals surface area contributed by atoms with E-state index >= 15 is 0 Å². The van der Waals surface area contributed by atoms with Gasteiger partial charge < -0.3 is 20.7 Å². The van der Waals surface area contributed by atoms with E-state index in [1.165, 1.54) is 6.07 Å². The Morgan fingerprint density at radius 2 is 1.94 bits per heavy atom. The molecule has 8 nitrogen and oxygen atoms in total. The summed E-state index contributed by atoms with van der Waals surface area (Å²) in [6.07, 6.45) is 2.77. The van der Waals surface area contributed by atoms with E-state index in [-0.39, 0.29) is 17.6 Å². The Morgan fingerprint density at radius 3 is 2.68 bits per heavy atom. The van der Waals surface area contributed by atoms with Gasteiger partial charge in [-0.15, -0.1) is 0 Å². The van der Waals surface area contributed by atoms with Gasteiger partial charge in [-0.25, -0.2) is 9.97 Å². The predicted molar refractivity (Wildman–Crippen MR) is 119 cm³/mol. The molecule has 2 amide bonds. The highest BCUT2D eigenvalue weighted by Gasteiger charge is 2.13. The fourth-order valence-corrected chi connectivity index (χ4v) is 3.16. The lowest BCUT2D eigenvalue weighted by Crippen LogP contribution is -2.12. The largest absolute Gasteiger partial charge is 0.507 e. The van der Waals surface area contributed by atoms with E-state index < -0.39 is 0 Å². The van der Waals surface area contributed by atoms with Gasteiger partial charge in [-0.3, -0.25) is 9.59 Å². The summed E-state index contributed by atoms with van der Waals surface area (Å²) in [7, 11) is 0. The molecule has 31 heavy (non-hydrogen) atoms. The van der Waals surface area contributed by atoms with Gasteiger partial charge in [0.2, 0.25) is 5.91 Å². The fourth-order valence-electron chi connectivity index (χ4n) is 3.16. The Hall–Kier alpha value is -4.20. The molecule has 0 saturated heterocycles. The van der Waals surface area contributed by atoms with Crippen molar-refractivity contribution in [2.45, 2.75) is 19.8 Å². The molecule has 0 spiro atoms. The summed E-state index contributed by atoms with van der Waals surface area (Å²) >= 11 is 0. The minimum Gasteiger partial charge on any atom is -0.507 e. The fraction of sp³-hybridized carbons (Fsp3) is 0.130. The van der Waals surface area contributed by atoms with Crippen LogP contribution in [0.2, 0.25) is 0 Å². The average molecular weight is 415 g/mol. The van der Waals surface area contributed by atoms with Gasteiger partial charge in [0.1, 0.15) is 17.4 Å². The van der Waals surface area contributed by atoms with Gasteiger partial charge >= 0.3 is 0 Å². The molecule has 2 aromatic heterocycles. The average Bonchev–Trinajstić information content (AvgIpc) is 3.17. The summed E-state index contributed by atoms with van der Waals surface area (Å²) in [5.41, 5.74) is 2.77. The monoisotopic (exact) mass is 415 g/mol. The van der Waals surface area contributed by atoms with E-state index in [0.717, 1.165) is 6.42 Å². The van der Waals surface area contributed by atoms with Crippen molar-refractivity contribution in [1.29, 1.82) is 0 Å². The van der Waals surface area contributed by atoms with Crippen LogP contribution in [0.4, 0.5) is 11.5 Å². The van der Waals surface area contributed by atoms with Crippen molar-refractivity contribution < 1.29 is 14.7 Å². The number of pyridine rings is 1. The number of hydrogen-bond donors (Lipinski definition) is 4. The summed E-state index contributed by atoms with van der Waals surface area (Å²) in [5, 5.41) is 15.9. The first-order chi connectivity index (χ1) is 15.0. The van der Waals surface area contributed by atoms with Crippen LogP contribution in [0, 0.1) is 0 Å². The Bertz CT molecular complexity index is 1250. The lowest BCUT2D eigenvalue weighted by Gasteiger charge is -2.07.